The number of aromatic amines is 1. The van der Waals surface area contributed by atoms with Gasteiger partial charge < -0.3 is 15.4 Å². The smallest absolute Gasteiger partial charge is 0.293 e. The monoisotopic (exact) mass is 325 g/mol. The standard InChI is InChI=1S/C18H19N3O3/c1-4-7-11(2)13-9-6-5-8-12(13)10-14-20-15(17(23)19-3)16(22)18(24)21-14/h4-9,22H,2,10H2,1,3H3,(H,19,23)(H,20,21,24). The van der Waals surface area contributed by atoms with Crippen molar-refractivity contribution in [1.82, 2.24) is 15.3 Å². The minimum absolute atomic E-state index is 0.289. The number of nitrogens with zero attached hydrogens (tertiary/aromatic N) is 1. The molecule has 6 heteroatoms. The quantitative estimate of drug-likeness (QED) is 0.733. The summed E-state index contributed by atoms with van der Waals surface area (Å²) in [5.74, 6) is -1.02. The first kappa shape index (κ1) is 17.2. The molecular formula is C18H19N3O3. The van der Waals surface area contributed by atoms with E-state index in [0.717, 1.165) is 16.7 Å². The van der Waals surface area contributed by atoms with Crippen LogP contribution in [0, 0.1) is 0 Å². The molecule has 124 valence electrons. The van der Waals surface area contributed by atoms with Gasteiger partial charge in [0.25, 0.3) is 11.5 Å². The summed E-state index contributed by atoms with van der Waals surface area (Å²) in [6.07, 6.45) is 4.08. The van der Waals surface area contributed by atoms with Crippen molar-refractivity contribution >= 4 is 11.5 Å². The lowest BCUT2D eigenvalue weighted by molar-refractivity contribution is 0.0954. The molecule has 0 fully saturated rings. The van der Waals surface area contributed by atoms with E-state index in [0.29, 0.717) is 6.42 Å². The highest BCUT2D eigenvalue weighted by Gasteiger charge is 2.17. The van der Waals surface area contributed by atoms with E-state index >= 15 is 0 Å². The molecule has 0 aliphatic heterocycles. The molecule has 6 nitrogen and oxygen atoms in total. The fraction of sp³-hybridized carbons (Fsp3) is 0.167. The maximum absolute atomic E-state index is 11.8. The van der Waals surface area contributed by atoms with Gasteiger partial charge in [0, 0.05) is 13.5 Å². The zero-order valence-corrected chi connectivity index (χ0v) is 13.6. The van der Waals surface area contributed by atoms with Crippen molar-refractivity contribution in [3.8, 4) is 5.75 Å². The normalized spacial score (nSPS) is 10.8. The maximum atomic E-state index is 11.8. The summed E-state index contributed by atoms with van der Waals surface area (Å²) >= 11 is 0. The molecule has 0 bridgehead atoms. The Labute approximate surface area is 139 Å². The molecule has 0 atom stereocenters. The predicted octanol–water partition coefficient (Wildman–Crippen LogP) is 2.02. The topological polar surface area (TPSA) is 95.1 Å². The molecule has 0 spiro atoms. The van der Waals surface area contributed by atoms with Crippen LogP contribution >= 0.6 is 0 Å². The van der Waals surface area contributed by atoms with Gasteiger partial charge in [0.2, 0.25) is 5.75 Å². The number of carbonyl (C=O) groups is 1. The Morgan fingerprint density at radius 2 is 2.12 bits per heavy atom. The number of hydrogen-bond donors (Lipinski definition) is 3. The summed E-state index contributed by atoms with van der Waals surface area (Å²) in [5, 5.41) is 12.1. The first-order valence-corrected chi connectivity index (χ1v) is 7.42. The summed E-state index contributed by atoms with van der Waals surface area (Å²) in [6.45, 7) is 5.93. The third-order valence-electron chi connectivity index (χ3n) is 3.48. The van der Waals surface area contributed by atoms with Crippen LogP contribution in [0.5, 0.6) is 5.75 Å². The van der Waals surface area contributed by atoms with Crippen molar-refractivity contribution in [2.24, 2.45) is 0 Å². The molecular weight excluding hydrogens is 306 g/mol. The first-order chi connectivity index (χ1) is 11.5. The van der Waals surface area contributed by atoms with Gasteiger partial charge in [0.1, 0.15) is 5.82 Å². The molecule has 2 aromatic rings. The molecule has 1 amide bonds. The zero-order valence-electron chi connectivity index (χ0n) is 13.6. The third-order valence-corrected chi connectivity index (χ3v) is 3.48. The van der Waals surface area contributed by atoms with E-state index in [9.17, 15) is 14.7 Å². The van der Waals surface area contributed by atoms with E-state index in [1.807, 2.05) is 43.3 Å². The highest BCUT2D eigenvalue weighted by Crippen LogP contribution is 2.21. The van der Waals surface area contributed by atoms with E-state index < -0.39 is 17.2 Å². The number of carbonyl (C=O) groups excluding carboxylic acids is 1. The zero-order chi connectivity index (χ0) is 17.7. The van der Waals surface area contributed by atoms with Gasteiger partial charge >= 0.3 is 0 Å². The average molecular weight is 325 g/mol. The number of benzene rings is 1. The van der Waals surface area contributed by atoms with Crippen LogP contribution in [0.4, 0.5) is 0 Å². The summed E-state index contributed by atoms with van der Waals surface area (Å²) in [4.78, 5) is 30.2. The van der Waals surface area contributed by atoms with Gasteiger partial charge in [-0.1, -0.05) is 43.0 Å². The highest BCUT2D eigenvalue weighted by molar-refractivity contribution is 5.94. The number of hydrogen-bond acceptors (Lipinski definition) is 4. The Kier molecular flexibility index (Phi) is 5.31. The molecule has 1 heterocycles. The van der Waals surface area contributed by atoms with Crippen molar-refractivity contribution in [2.45, 2.75) is 13.3 Å². The molecule has 24 heavy (non-hydrogen) atoms. The fourth-order valence-electron chi connectivity index (χ4n) is 2.33. The molecule has 0 radical (unpaired) electrons. The van der Waals surface area contributed by atoms with Crippen LogP contribution in [0.3, 0.4) is 0 Å². The maximum Gasteiger partial charge on any atom is 0.293 e. The van der Waals surface area contributed by atoms with Crippen molar-refractivity contribution in [1.29, 1.82) is 0 Å². The number of amides is 1. The summed E-state index contributed by atoms with van der Waals surface area (Å²) in [5.41, 5.74) is 1.62. The third kappa shape index (κ3) is 3.60. The Morgan fingerprint density at radius 1 is 1.42 bits per heavy atom. The van der Waals surface area contributed by atoms with E-state index in [4.69, 9.17) is 0 Å². The minimum atomic E-state index is -0.747. The summed E-state index contributed by atoms with van der Waals surface area (Å²) in [7, 11) is 1.40. The summed E-state index contributed by atoms with van der Waals surface area (Å²) in [6, 6.07) is 7.60. The summed E-state index contributed by atoms with van der Waals surface area (Å²) < 4.78 is 0. The molecule has 0 aliphatic rings. The lowest BCUT2D eigenvalue weighted by Gasteiger charge is -2.10. The van der Waals surface area contributed by atoms with Crippen LogP contribution in [-0.4, -0.2) is 28.0 Å². The van der Waals surface area contributed by atoms with Gasteiger partial charge in [-0.05, 0) is 23.6 Å². The Morgan fingerprint density at radius 3 is 2.79 bits per heavy atom. The van der Waals surface area contributed by atoms with Gasteiger partial charge in [0.05, 0.1) is 0 Å². The van der Waals surface area contributed by atoms with Crippen LogP contribution in [-0.2, 0) is 6.42 Å². The average Bonchev–Trinajstić information content (AvgIpc) is 2.58. The first-order valence-electron chi connectivity index (χ1n) is 7.42. The molecule has 0 saturated heterocycles. The van der Waals surface area contributed by atoms with Crippen LogP contribution in [0.15, 0.2) is 47.8 Å². The predicted molar refractivity (Wildman–Crippen MR) is 93.0 cm³/mol. The highest BCUT2D eigenvalue weighted by atomic mass is 16.3. The number of aromatic hydroxyl groups is 1. The van der Waals surface area contributed by atoms with Crippen LogP contribution < -0.4 is 10.9 Å². The van der Waals surface area contributed by atoms with Gasteiger partial charge in [-0.2, -0.15) is 0 Å². The largest absolute Gasteiger partial charge is 0.501 e. The van der Waals surface area contributed by atoms with Crippen molar-refractivity contribution in [3.05, 3.63) is 76.0 Å². The second-order valence-corrected chi connectivity index (χ2v) is 5.15. The Bertz CT molecular complexity index is 866. The van der Waals surface area contributed by atoms with Gasteiger partial charge in [-0.3, -0.25) is 9.59 Å². The van der Waals surface area contributed by atoms with E-state index in [2.05, 4.69) is 21.9 Å². The number of rotatable bonds is 5. The minimum Gasteiger partial charge on any atom is -0.501 e. The second kappa shape index (κ2) is 7.41. The fourth-order valence-corrected chi connectivity index (χ4v) is 2.33. The van der Waals surface area contributed by atoms with E-state index in [1.54, 1.807) is 0 Å². The SMILES string of the molecule is C=C(C=CC)c1ccccc1Cc1nc(C(=O)NC)c(O)c(=O)[nH]1. The van der Waals surface area contributed by atoms with Crippen molar-refractivity contribution in [2.75, 3.05) is 7.05 Å². The molecule has 1 aromatic heterocycles. The van der Waals surface area contributed by atoms with Crippen molar-refractivity contribution < 1.29 is 9.90 Å². The van der Waals surface area contributed by atoms with Gasteiger partial charge in [-0.15, -0.1) is 0 Å². The van der Waals surface area contributed by atoms with Gasteiger partial charge in [-0.25, -0.2) is 4.98 Å². The molecule has 0 saturated carbocycles. The van der Waals surface area contributed by atoms with E-state index in [-0.39, 0.29) is 11.5 Å². The Hall–Kier alpha value is -3.15. The van der Waals surface area contributed by atoms with Crippen LogP contribution in [0.1, 0.15) is 34.4 Å². The van der Waals surface area contributed by atoms with Crippen molar-refractivity contribution in [3.63, 3.8) is 0 Å². The molecule has 3 N–H and O–H groups in total. The molecule has 2 rings (SSSR count). The molecule has 0 unspecified atom stereocenters. The van der Waals surface area contributed by atoms with Gasteiger partial charge in [0.15, 0.2) is 5.69 Å². The number of aromatic nitrogens is 2. The number of nitrogens with one attached hydrogen (secondary N) is 2. The van der Waals surface area contributed by atoms with E-state index in [1.165, 1.54) is 7.05 Å². The van der Waals surface area contributed by atoms with Crippen LogP contribution in [0.2, 0.25) is 0 Å². The van der Waals surface area contributed by atoms with Crippen LogP contribution in [0.25, 0.3) is 5.57 Å². The number of H-pyrrole nitrogens is 1. The number of allylic oxidation sites excluding steroid dienone is 3. The Balaban J connectivity index is 2.46. The lowest BCUT2D eigenvalue weighted by Crippen LogP contribution is -2.24. The molecule has 0 aliphatic carbocycles. The second-order valence-electron chi connectivity index (χ2n) is 5.15. The molecule has 1 aromatic carbocycles. The lowest BCUT2D eigenvalue weighted by atomic mass is 9.98.